The standard InChI is InChI=1S/C25H24ClN3O2/c1-18-10-12-19(13-11-18)17-28-14-5-15-29(25(28)31)21-7-4-6-20(16-21)27-24(30)22-8-2-3-9-23(22)26/h2-4,6-13,16H,5,14-15,17H2,1H3,(H,27,30). The Labute approximate surface area is 187 Å². The molecule has 0 aromatic heterocycles. The molecule has 0 bridgehead atoms. The van der Waals surface area contributed by atoms with E-state index in [4.69, 9.17) is 11.6 Å². The van der Waals surface area contributed by atoms with Gasteiger partial charge in [0.25, 0.3) is 5.91 Å². The summed E-state index contributed by atoms with van der Waals surface area (Å²) in [5.41, 5.74) is 4.10. The largest absolute Gasteiger partial charge is 0.324 e. The lowest BCUT2D eigenvalue weighted by Gasteiger charge is -2.36. The molecule has 0 spiro atoms. The third-order valence-corrected chi connectivity index (χ3v) is 5.67. The second kappa shape index (κ2) is 9.23. The highest BCUT2D eigenvalue weighted by Crippen LogP contribution is 2.25. The minimum atomic E-state index is -0.284. The zero-order valence-electron chi connectivity index (χ0n) is 17.3. The fourth-order valence-corrected chi connectivity index (χ4v) is 3.90. The first kappa shape index (κ1) is 20.9. The van der Waals surface area contributed by atoms with Crippen LogP contribution in [0.25, 0.3) is 0 Å². The normalized spacial score (nSPS) is 13.9. The van der Waals surface area contributed by atoms with E-state index in [9.17, 15) is 9.59 Å². The Balaban J connectivity index is 1.48. The fourth-order valence-electron chi connectivity index (χ4n) is 3.68. The van der Waals surface area contributed by atoms with Crippen LogP contribution in [0.1, 0.15) is 27.9 Å². The highest BCUT2D eigenvalue weighted by Gasteiger charge is 2.27. The summed E-state index contributed by atoms with van der Waals surface area (Å²) >= 11 is 6.13. The van der Waals surface area contributed by atoms with Crippen molar-refractivity contribution < 1.29 is 9.59 Å². The molecule has 3 aromatic carbocycles. The van der Waals surface area contributed by atoms with E-state index >= 15 is 0 Å². The Morgan fingerprint density at radius 2 is 1.77 bits per heavy atom. The highest BCUT2D eigenvalue weighted by atomic mass is 35.5. The van der Waals surface area contributed by atoms with Gasteiger partial charge in [-0.25, -0.2) is 4.79 Å². The van der Waals surface area contributed by atoms with Gasteiger partial charge in [-0.3, -0.25) is 9.69 Å². The number of nitrogens with one attached hydrogen (secondary N) is 1. The Morgan fingerprint density at radius 1 is 1.00 bits per heavy atom. The van der Waals surface area contributed by atoms with E-state index in [1.807, 2.05) is 23.1 Å². The predicted molar refractivity (Wildman–Crippen MR) is 125 cm³/mol. The van der Waals surface area contributed by atoms with E-state index in [-0.39, 0.29) is 11.9 Å². The average Bonchev–Trinajstić information content (AvgIpc) is 2.77. The molecule has 0 atom stereocenters. The quantitative estimate of drug-likeness (QED) is 0.558. The number of rotatable bonds is 5. The summed E-state index contributed by atoms with van der Waals surface area (Å²) in [6, 6.07) is 22.5. The van der Waals surface area contributed by atoms with Gasteiger partial charge in [0, 0.05) is 31.0 Å². The third kappa shape index (κ3) is 4.89. The summed E-state index contributed by atoms with van der Waals surface area (Å²) in [4.78, 5) is 29.4. The zero-order valence-corrected chi connectivity index (χ0v) is 18.1. The lowest BCUT2D eigenvalue weighted by molar-refractivity contribution is 0.102. The summed E-state index contributed by atoms with van der Waals surface area (Å²) in [6.07, 6.45) is 0.883. The SMILES string of the molecule is Cc1ccc(CN2CCCN(c3cccc(NC(=O)c4ccccc4Cl)c3)C2=O)cc1. The van der Waals surface area contributed by atoms with E-state index in [1.165, 1.54) is 5.56 Å². The molecule has 1 N–H and O–H groups in total. The molecule has 1 aliphatic heterocycles. The molecule has 1 aliphatic rings. The number of hydrogen-bond donors (Lipinski definition) is 1. The van der Waals surface area contributed by atoms with Crippen molar-refractivity contribution in [2.24, 2.45) is 0 Å². The number of aryl methyl sites for hydroxylation is 1. The molecule has 1 fully saturated rings. The highest BCUT2D eigenvalue weighted by molar-refractivity contribution is 6.34. The summed E-state index contributed by atoms with van der Waals surface area (Å²) in [5, 5.41) is 3.27. The van der Waals surface area contributed by atoms with Gasteiger partial charge in [-0.05, 0) is 49.2 Å². The molecule has 0 aliphatic carbocycles. The molecule has 4 rings (SSSR count). The second-order valence-corrected chi connectivity index (χ2v) is 8.09. The smallest absolute Gasteiger partial charge is 0.322 e. The van der Waals surface area contributed by atoms with Crippen LogP contribution in [0.3, 0.4) is 0 Å². The number of carbonyl (C=O) groups excluding carboxylic acids is 2. The van der Waals surface area contributed by atoms with Crippen molar-refractivity contribution in [2.45, 2.75) is 19.9 Å². The molecule has 3 aromatic rings. The van der Waals surface area contributed by atoms with Crippen LogP contribution >= 0.6 is 11.6 Å². The van der Waals surface area contributed by atoms with Crippen molar-refractivity contribution in [3.8, 4) is 0 Å². The fraction of sp³-hybridized carbons (Fsp3) is 0.200. The van der Waals surface area contributed by atoms with Crippen LogP contribution in [0.4, 0.5) is 16.2 Å². The Hall–Kier alpha value is -3.31. The van der Waals surface area contributed by atoms with E-state index < -0.39 is 0 Å². The summed E-state index contributed by atoms with van der Waals surface area (Å²) in [7, 11) is 0. The van der Waals surface area contributed by atoms with Crippen molar-refractivity contribution in [3.63, 3.8) is 0 Å². The Kier molecular flexibility index (Phi) is 6.23. The van der Waals surface area contributed by atoms with Gasteiger partial charge in [0.05, 0.1) is 10.6 Å². The molecule has 6 heteroatoms. The van der Waals surface area contributed by atoms with Gasteiger partial charge >= 0.3 is 6.03 Å². The molecular formula is C25H24ClN3O2. The van der Waals surface area contributed by atoms with Gasteiger partial charge in [-0.1, -0.05) is 59.6 Å². The molecule has 3 amide bonds. The van der Waals surface area contributed by atoms with Crippen molar-refractivity contribution in [3.05, 3.63) is 94.5 Å². The maximum Gasteiger partial charge on any atom is 0.324 e. The van der Waals surface area contributed by atoms with E-state index in [1.54, 1.807) is 35.2 Å². The van der Waals surface area contributed by atoms with E-state index in [2.05, 4.69) is 36.5 Å². The lowest BCUT2D eigenvalue weighted by atomic mass is 10.1. The first-order valence-electron chi connectivity index (χ1n) is 10.3. The van der Waals surface area contributed by atoms with Crippen LogP contribution in [-0.4, -0.2) is 29.9 Å². The number of anilines is 2. The Bertz CT molecular complexity index is 1100. The van der Waals surface area contributed by atoms with Gasteiger partial charge in [0.2, 0.25) is 0 Å². The topological polar surface area (TPSA) is 52.6 Å². The Morgan fingerprint density at radius 3 is 2.55 bits per heavy atom. The minimum Gasteiger partial charge on any atom is -0.322 e. The zero-order chi connectivity index (χ0) is 21.8. The van der Waals surface area contributed by atoms with Crippen molar-refractivity contribution in [1.82, 2.24) is 4.90 Å². The third-order valence-electron chi connectivity index (χ3n) is 5.34. The van der Waals surface area contributed by atoms with Gasteiger partial charge < -0.3 is 10.2 Å². The summed E-state index contributed by atoms with van der Waals surface area (Å²) in [5.74, 6) is -0.284. The number of urea groups is 1. The molecule has 5 nitrogen and oxygen atoms in total. The van der Waals surface area contributed by atoms with Gasteiger partial charge in [-0.15, -0.1) is 0 Å². The molecule has 31 heavy (non-hydrogen) atoms. The van der Waals surface area contributed by atoms with E-state index in [0.717, 1.165) is 24.2 Å². The van der Waals surface area contributed by atoms with Gasteiger partial charge in [0.15, 0.2) is 0 Å². The van der Waals surface area contributed by atoms with Crippen LogP contribution in [0.5, 0.6) is 0 Å². The number of halogens is 1. The number of nitrogens with zero attached hydrogens (tertiary/aromatic N) is 2. The van der Waals surface area contributed by atoms with Crippen molar-refractivity contribution in [1.29, 1.82) is 0 Å². The van der Waals surface area contributed by atoms with Gasteiger partial charge in [-0.2, -0.15) is 0 Å². The lowest BCUT2D eigenvalue weighted by Crippen LogP contribution is -2.49. The number of carbonyl (C=O) groups is 2. The average molecular weight is 434 g/mol. The molecular weight excluding hydrogens is 410 g/mol. The van der Waals surface area contributed by atoms with Crippen LogP contribution in [0.2, 0.25) is 5.02 Å². The first-order valence-corrected chi connectivity index (χ1v) is 10.7. The monoisotopic (exact) mass is 433 g/mol. The van der Waals surface area contributed by atoms with E-state index in [0.29, 0.717) is 29.4 Å². The van der Waals surface area contributed by atoms with Gasteiger partial charge in [0.1, 0.15) is 0 Å². The van der Waals surface area contributed by atoms with Crippen LogP contribution < -0.4 is 10.2 Å². The summed E-state index contributed by atoms with van der Waals surface area (Å²) in [6.45, 7) is 4.00. The summed E-state index contributed by atoms with van der Waals surface area (Å²) < 4.78 is 0. The molecule has 0 radical (unpaired) electrons. The maximum atomic E-state index is 13.1. The van der Waals surface area contributed by atoms with Crippen molar-refractivity contribution >= 4 is 34.9 Å². The number of amides is 3. The second-order valence-electron chi connectivity index (χ2n) is 7.68. The van der Waals surface area contributed by atoms with Crippen LogP contribution in [-0.2, 0) is 6.54 Å². The first-order chi connectivity index (χ1) is 15.0. The maximum absolute atomic E-state index is 13.1. The predicted octanol–water partition coefficient (Wildman–Crippen LogP) is 5.73. The molecule has 0 saturated carbocycles. The van der Waals surface area contributed by atoms with Crippen LogP contribution in [0.15, 0.2) is 72.8 Å². The molecule has 158 valence electrons. The van der Waals surface area contributed by atoms with Crippen molar-refractivity contribution in [2.75, 3.05) is 23.3 Å². The molecule has 1 heterocycles. The molecule has 1 saturated heterocycles. The number of hydrogen-bond acceptors (Lipinski definition) is 2. The number of benzene rings is 3. The minimum absolute atomic E-state index is 0.0265. The van der Waals surface area contributed by atoms with Crippen LogP contribution in [0, 0.1) is 6.92 Å². The molecule has 0 unspecified atom stereocenters.